The molecule has 1 aliphatic heterocycles. The molecule has 32 heavy (non-hydrogen) atoms. The zero-order valence-corrected chi connectivity index (χ0v) is 21.9. The molecule has 3 rings (SSSR count). The highest BCUT2D eigenvalue weighted by Gasteiger charge is 2.29. The quantitative estimate of drug-likeness (QED) is 0.300. The van der Waals surface area contributed by atoms with Gasteiger partial charge in [0.15, 0.2) is 5.96 Å². The summed E-state index contributed by atoms with van der Waals surface area (Å²) < 4.78 is 33.2. The van der Waals surface area contributed by atoms with Gasteiger partial charge in [-0.15, -0.1) is 24.0 Å². The molecule has 0 radical (unpaired) electrons. The van der Waals surface area contributed by atoms with Crippen LogP contribution in [0.25, 0.3) is 0 Å². The third-order valence-corrected chi connectivity index (χ3v) is 7.34. The maximum atomic E-state index is 13.2. The minimum absolute atomic E-state index is 0. The van der Waals surface area contributed by atoms with E-state index in [0.717, 1.165) is 24.4 Å². The maximum Gasteiger partial charge on any atom is 0.243 e. The van der Waals surface area contributed by atoms with Gasteiger partial charge in [-0.2, -0.15) is 4.31 Å². The van der Waals surface area contributed by atoms with Gasteiger partial charge in [0.1, 0.15) is 5.75 Å². The summed E-state index contributed by atoms with van der Waals surface area (Å²) in [5.74, 6) is 1.41. The number of nitrogens with one attached hydrogen (secondary N) is 2. The van der Waals surface area contributed by atoms with Crippen LogP contribution in [0.15, 0.2) is 58.4 Å². The molecule has 2 N–H and O–H groups in total. The molecule has 1 saturated heterocycles. The van der Waals surface area contributed by atoms with Crippen LogP contribution in [0.2, 0.25) is 0 Å². The van der Waals surface area contributed by atoms with Gasteiger partial charge in [0.05, 0.1) is 12.0 Å². The normalized spacial score (nSPS) is 15.7. The van der Waals surface area contributed by atoms with E-state index in [0.29, 0.717) is 42.6 Å². The van der Waals surface area contributed by atoms with Crippen molar-refractivity contribution in [2.45, 2.75) is 18.0 Å². The zero-order chi connectivity index (χ0) is 22.3. The van der Waals surface area contributed by atoms with E-state index in [1.165, 1.54) is 0 Å². The van der Waals surface area contributed by atoms with Crippen LogP contribution >= 0.6 is 24.0 Å². The Hall–Kier alpha value is -1.89. The summed E-state index contributed by atoms with van der Waals surface area (Å²) in [6.45, 7) is 3.43. The van der Waals surface area contributed by atoms with Crippen LogP contribution in [0.1, 0.15) is 11.1 Å². The van der Waals surface area contributed by atoms with Crippen molar-refractivity contribution in [1.82, 2.24) is 19.8 Å². The summed E-state index contributed by atoms with van der Waals surface area (Å²) in [4.78, 5) is 6.73. The number of likely N-dealkylation sites (N-methyl/N-ethyl adjacent to an activating group) is 1. The van der Waals surface area contributed by atoms with Crippen molar-refractivity contribution >= 4 is 40.0 Å². The molecule has 1 fully saturated rings. The van der Waals surface area contributed by atoms with Gasteiger partial charge in [0, 0.05) is 46.3 Å². The Morgan fingerprint density at radius 1 is 1.00 bits per heavy atom. The average molecular weight is 574 g/mol. The molecule has 0 saturated carbocycles. The molecular formula is C22H32IN5O3S. The summed E-state index contributed by atoms with van der Waals surface area (Å²) in [7, 11) is 1.80. The molecule has 0 aliphatic carbocycles. The number of halogens is 1. The molecule has 0 atom stereocenters. The SMILES string of the molecule is CN=C(NCc1ccc(OC)cc1)NCc1ccccc1S(=O)(=O)N1CCN(C)CC1.I. The lowest BCUT2D eigenvalue weighted by Gasteiger charge is -2.32. The predicted octanol–water partition coefficient (Wildman–Crippen LogP) is 2.11. The van der Waals surface area contributed by atoms with Gasteiger partial charge in [0.25, 0.3) is 0 Å². The first kappa shape index (κ1) is 26.4. The Labute approximate surface area is 208 Å². The number of methoxy groups -OCH3 is 1. The van der Waals surface area contributed by atoms with E-state index in [2.05, 4.69) is 20.5 Å². The molecule has 0 amide bonds. The Bertz CT molecular complexity index is 991. The topological polar surface area (TPSA) is 86.3 Å². The third-order valence-electron chi connectivity index (χ3n) is 5.34. The number of aliphatic imine (C=N–C) groups is 1. The Kier molecular flexibility index (Phi) is 10.2. The van der Waals surface area contributed by atoms with E-state index in [1.54, 1.807) is 30.6 Å². The number of ether oxygens (including phenoxy) is 1. The largest absolute Gasteiger partial charge is 0.497 e. The molecule has 0 spiro atoms. The summed E-state index contributed by atoms with van der Waals surface area (Å²) >= 11 is 0. The van der Waals surface area contributed by atoms with Crippen molar-refractivity contribution in [3.05, 3.63) is 59.7 Å². The van der Waals surface area contributed by atoms with Crippen LogP contribution in [0.4, 0.5) is 0 Å². The fourth-order valence-electron chi connectivity index (χ4n) is 3.40. The molecule has 8 nitrogen and oxygen atoms in total. The second kappa shape index (κ2) is 12.4. The van der Waals surface area contributed by atoms with Crippen molar-refractivity contribution in [3.8, 4) is 5.75 Å². The van der Waals surface area contributed by atoms with Gasteiger partial charge >= 0.3 is 0 Å². The van der Waals surface area contributed by atoms with E-state index in [9.17, 15) is 8.42 Å². The fourth-order valence-corrected chi connectivity index (χ4v) is 5.04. The standard InChI is InChI=1S/C22H31N5O3S.HI/c1-23-22(24-16-18-8-10-20(30-3)11-9-18)25-17-19-6-4-5-7-21(19)31(28,29)27-14-12-26(2)13-15-27;/h4-11H,12-17H2,1-3H3,(H2,23,24,25);1H. The van der Waals surface area contributed by atoms with Crippen LogP contribution in [0.3, 0.4) is 0 Å². The smallest absolute Gasteiger partial charge is 0.243 e. The average Bonchev–Trinajstić information content (AvgIpc) is 2.80. The van der Waals surface area contributed by atoms with Crippen molar-refractivity contribution in [1.29, 1.82) is 0 Å². The van der Waals surface area contributed by atoms with Gasteiger partial charge < -0.3 is 20.3 Å². The highest BCUT2D eigenvalue weighted by atomic mass is 127. The van der Waals surface area contributed by atoms with Crippen molar-refractivity contribution in [2.75, 3.05) is 47.4 Å². The highest BCUT2D eigenvalue weighted by molar-refractivity contribution is 14.0. The molecule has 0 aromatic heterocycles. The Balaban J connectivity index is 0.00000363. The molecule has 2 aromatic carbocycles. The molecular weight excluding hydrogens is 541 g/mol. The number of rotatable bonds is 7. The minimum Gasteiger partial charge on any atom is -0.497 e. The second-order valence-corrected chi connectivity index (χ2v) is 9.35. The van der Waals surface area contributed by atoms with Crippen molar-refractivity contribution < 1.29 is 13.2 Å². The van der Waals surface area contributed by atoms with Gasteiger partial charge in [0.2, 0.25) is 10.0 Å². The summed E-state index contributed by atoms with van der Waals surface area (Å²) in [6.07, 6.45) is 0. The molecule has 176 valence electrons. The lowest BCUT2D eigenvalue weighted by atomic mass is 10.2. The molecule has 0 bridgehead atoms. The van der Waals surface area contributed by atoms with Gasteiger partial charge in [-0.05, 0) is 36.4 Å². The van der Waals surface area contributed by atoms with E-state index < -0.39 is 10.0 Å². The first-order valence-corrected chi connectivity index (χ1v) is 11.7. The number of piperazine rings is 1. The second-order valence-electron chi connectivity index (χ2n) is 7.44. The minimum atomic E-state index is -3.54. The molecule has 2 aromatic rings. The number of nitrogens with zero attached hydrogens (tertiary/aromatic N) is 3. The zero-order valence-electron chi connectivity index (χ0n) is 18.7. The Morgan fingerprint density at radius 2 is 1.62 bits per heavy atom. The van der Waals surface area contributed by atoms with Crippen molar-refractivity contribution in [3.63, 3.8) is 0 Å². The molecule has 10 heteroatoms. The Morgan fingerprint density at radius 3 is 2.25 bits per heavy atom. The number of guanidine groups is 1. The molecule has 1 heterocycles. The molecule has 1 aliphatic rings. The van der Waals surface area contributed by atoms with Crippen LogP contribution in [0.5, 0.6) is 5.75 Å². The third kappa shape index (κ3) is 6.80. The van der Waals surface area contributed by atoms with Gasteiger partial charge in [-0.3, -0.25) is 4.99 Å². The van der Waals surface area contributed by atoms with Crippen LogP contribution in [0, 0.1) is 0 Å². The maximum absolute atomic E-state index is 13.2. The monoisotopic (exact) mass is 573 g/mol. The first-order valence-electron chi connectivity index (χ1n) is 10.3. The summed E-state index contributed by atoms with van der Waals surface area (Å²) in [5.41, 5.74) is 1.80. The van der Waals surface area contributed by atoms with Crippen LogP contribution in [-0.2, 0) is 23.1 Å². The summed E-state index contributed by atoms with van der Waals surface area (Å²) in [6, 6.07) is 14.9. The first-order chi connectivity index (χ1) is 14.9. The van der Waals surface area contributed by atoms with Crippen molar-refractivity contribution in [2.24, 2.45) is 4.99 Å². The van der Waals surface area contributed by atoms with E-state index >= 15 is 0 Å². The van der Waals surface area contributed by atoms with Crippen LogP contribution in [-0.4, -0.2) is 71.0 Å². The van der Waals surface area contributed by atoms with E-state index in [1.807, 2.05) is 43.4 Å². The number of benzene rings is 2. The van der Waals surface area contributed by atoms with Gasteiger partial charge in [-0.1, -0.05) is 30.3 Å². The summed E-state index contributed by atoms with van der Waals surface area (Å²) in [5, 5.41) is 6.48. The predicted molar refractivity (Wildman–Crippen MR) is 138 cm³/mol. The lowest BCUT2D eigenvalue weighted by Crippen LogP contribution is -2.47. The highest BCUT2D eigenvalue weighted by Crippen LogP contribution is 2.21. The van der Waals surface area contributed by atoms with Gasteiger partial charge in [-0.25, -0.2) is 8.42 Å². The molecule has 0 unspecified atom stereocenters. The van der Waals surface area contributed by atoms with E-state index in [-0.39, 0.29) is 24.0 Å². The van der Waals surface area contributed by atoms with Crippen LogP contribution < -0.4 is 15.4 Å². The fraction of sp³-hybridized carbons (Fsp3) is 0.409. The number of hydrogen-bond acceptors (Lipinski definition) is 5. The number of sulfonamides is 1. The lowest BCUT2D eigenvalue weighted by molar-refractivity contribution is 0.222. The number of hydrogen-bond donors (Lipinski definition) is 2. The van der Waals surface area contributed by atoms with E-state index in [4.69, 9.17) is 4.74 Å².